The highest BCUT2D eigenvalue weighted by molar-refractivity contribution is 5.71. The summed E-state index contributed by atoms with van der Waals surface area (Å²) in [5.41, 5.74) is 0. The zero-order chi connectivity index (χ0) is 58.5. The van der Waals surface area contributed by atoms with Crippen LogP contribution in [-0.2, 0) is 28.6 Å². The Morgan fingerprint density at radius 1 is 0.259 bits per heavy atom. The Morgan fingerprint density at radius 3 is 0.790 bits per heavy atom. The van der Waals surface area contributed by atoms with Crippen molar-refractivity contribution in [3.63, 3.8) is 0 Å². The molecule has 0 amide bonds. The van der Waals surface area contributed by atoms with Gasteiger partial charge in [-0.15, -0.1) is 0 Å². The first-order valence-electron chi connectivity index (χ1n) is 34.0. The second-order valence-corrected chi connectivity index (χ2v) is 22.3. The first kappa shape index (κ1) is 76.8. The molecule has 0 aromatic heterocycles. The highest BCUT2D eigenvalue weighted by Gasteiger charge is 2.19. The molecule has 462 valence electrons. The molecule has 0 fully saturated rings. The second kappa shape index (κ2) is 68.3. The van der Waals surface area contributed by atoms with Crippen molar-refractivity contribution in [3.05, 3.63) is 122 Å². The fraction of sp³-hybridized carbons (Fsp3) is 0.693. The summed E-state index contributed by atoms with van der Waals surface area (Å²) in [6, 6.07) is 0. The maximum atomic E-state index is 12.9. The van der Waals surface area contributed by atoms with Gasteiger partial charge >= 0.3 is 17.9 Å². The molecule has 0 saturated carbocycles. The quantitative estimate of drug-likeness (QED) is 0.0261. The largest absolute Gasteiger partial charge is 0.462 e. The highest BCUT2D eigenvalue weighted by Crippen LogP contribution is 2.16. The Hall–Kier alpha value is -4.19. The van der Waals surface area contributed by atoms with Crippen LogP contribution in [0.2, 0.25) is 0 Å². The van der Waals surface area contributed by atoms with Gasteiger partial charge in [0.15, 0.2) is 6.10 Å². The maximum Gasteiger partial charge on any atom is 0.306 e. The van der Waals surface area contributed by atoms with Gasteiger partial charge in [0.05, 0.1) is 0 Å². The van der Waals surface area contributed by atoms with Crippen LogP contribution in [0.15, 0.2) is 122 Å². The van der Waals surface area contributed by atoms with Crippen molar-refractivity contribution in [1.29, 1.82) is 0 Å². The summed E-state index contributed by atoms with van der Waals surface area (Å²) in [4.78, 5) is 38.4. The van der Waals surface area contributed by atoms with Gasteiger partial charge in [-0.2, -0.15) is 0 Å². The number of hydrogen-bond acceptors (Lipinski definition) is 6. The van der Waals surface area contributed by atoms with Crippen LogP contribution >= 0.6 is 0 Å². The molecule has 0 aliphatic rings. The number of unbranched alkanes of at least 4 members (excludes halogenated alkanes) is 30. The molecule has 0 radical (unpaired) electrons. The summed E-state index contributed by atoms with van der Waals surface area (Å²) in [5.74, 6) is -0.906. The van der Waals surface area contributed by atoms with Crippen LogP contribution in [-0.4, -0.2) is 37.2 Å². The maximum absolute atomic E-state index is 12.9. The zero-order valence-corrected chi connectivity index (χ0v) is 53.0. The first-order valence-corrected chi connectivity index (χ1v) is 34.0. The van der Waals surface area contributed by atoms with E-state index in [9.17, 15) is 14.4 Å². The van der Waals surface area contributed by atoms with E-state index in [4.69, 9.17) is 14.2 Å². The summed E-state index contributed by atoms with van der Waals surface area (Å²) in [6.45, 7) is 6.49. The number of rotatable bonds is 61. The second-order valence-electron chi connectivity index (χ2n) is 22.3. The third-order valence-corrected chi connectivity index (χ3v) is 14.4. The molecule has 81 heavy (non-hydrogen) atoms. The zero-order valence-electron chi connectivity index (χ0n) is 53.0. The Balaban J connectivity index is 4.36. The third kappa shape index (κ3) is 66.5. The Morgan fingerprint density at radius 2 is 0.481 bits per heavy atom. The van der Waals surface area contributed by atoms with E-state index in [1.807, 2.05) is 0 Å². The number of esters is 3. The summed E-state index contributed by atoms with van der Waals surface area (Å²) in [7, 11) is 0. The van der Waals surface area contributed by atoms with Crippen LogP contribution in [0.3, 0.4) is 0 Å². The molecule has 0 bridgehead atoms. The summed E-state index contributed by atoms with van der Waals surface area (Å²) in [6.07, 6.45) is 94.9. The lowest BCUT2D eigenvalue weighted by molar-refractivity contribution is -0.167. The predicted molar refractivity (Wildman–Crippen MR) is 353 cm³/mol. The van der Waals surface area contributed by atoms with E-state index >= 15 is 0 Å². The van der Waals surface area contributed by atoms with E-state index in [1.54, 1.807) is 0 Å². The first-order chi connectivity index (χ1) is 40.0. The topological polar surface area (TPSA) is 78.9 Å². The van der Waals surface area contributed by atoms with Crippen LogP contribution in [0.1, 0.15) is 316 Å². The van der Waals surface area contributed by atoms with E-state index in [-0.39, 0.29) is 31.1 Å². The Labute approximate surface area is 501 Å². The smallest absolute Gasteiger partial charge is 0.306 e. The molecule has 0 rings (SSSR count). The van der Waals surface area contributed by atoms with Gasteiger partial charge in [0.2, 0.25) is 0 Å². The summed E-state index contributed by atoms with van der Waals surface area (Å²) >= 11 is 0. The molecule has 0 heterocycles. The molecular weight excluding hydrogens is 997 g/mol. The molecule has 1 unspecified atom stereocenters. The monoisotopic (exact) mass is 1120 g/mol. The predicted octanol–water partition coefficient (Wildman–Crippen LogP) is 23.6. The Kier molecular flexibility index (Phi) is 64.8. The number of ether oxygens (including phenoxy) is 3. The standard InChI is InChI=1S/C75H126O6/c1-4-7-10-13-16-19-22-25-28-30-32-33-34-35-36-37-38-39-40-41-43-44-47-50-53-56-59-62-65-68-74(77)80-71-72(70-79-73(76)67-64-61-58-55-52-49-46-27-24-21-18-15-12-9-6-3)81-75(78)69-66-63-60-57-54-51-48-45-42-31-29-26-23-20-17-14-11-8-5-2/h7,10,16-17,19-20,25-29,32-33,35-36,38-39,42,45-46,72H,4-6,8-9,11-15,18,21-24,30-31,34,37,40-41,43-44,47-71H2,1-3H3/b10-7-,19-16-,20-17-,28-25-,29-26-,33-32-,36-35-,39-38-,45-42-,46-27-. The van der Waals surface area contributed by atoms with E-state index < -0.39 is 6.10 Å². The molecule has 0 aromatic carbocycles. The lowest BCUT2D eigenvalue weighted by Gasteiger charge is -2.18. The van der Waals surface area contributed by atoms with Gasteiger partial charge in [0, 0.05) is 19.3 Å². The average Bonchev–Trinajstić information content (AvgIpc) is 3.47. The van der Waals surface area contributed by atoms with Crippen molar-refractivity contribution >= 4 is 17.9 Å². The SMILES string of the molecule is CC/C=C\C/C=C\C/C=C\C/C=C\C/C=C\C/C=C\CCCCCCCCCCCCC(=O)OCC(COC(=O)CCCCCCC/C=C\CCCCCCCC)OC(=O)CCCCCCCC/C=C\C/C=C\C/C=C\CCCCC. The van der Waals surface area contributed by atoms with Crippen molar-refractivity contribution in [2.24, 2.45) is 0 Å². The minimum atomic E-state index is -0.795. The highest BCUT2D eigenvalue weighted by atomic mass is 16.6. The number of carbonyl (C=O) groups is 3. The van der Waals surface area contributed by atoms with E-state index in [0.29, 0.717) is 19.3 Å². The van der Waals surface area contributed by atoms with Gasteiger partial charge in [0.1, 0.15) is 13.2 Å². The van der Waals surface area contributed by atoms with Crippen LogP contribution in [0.25, 0.3) is 0 Å². The van der Waals surface area contributed by atoms with Crippen molar-refractivity contribution in [2.45, 2.75) is 322 Å². The summed E-state index contributed by atoms with van der Waals surface area (Å²) in [5, 5.41) is 0. The van der Waals surface area contributed by atoms with E-state index in [2.05, 4.69) is 142 Å². The van der Waals surface area contributed by atoms with Crippen LogP contribution < -0.4 is 0 Å². The van der Waals surface area contributed by atoms with Gasteiger partial charge in [0.25, 0.3) is 0 Å². The van der Waals surface area contributed by atoms with Crippen LogP contribution in [0.5, 0.6) is 0 Å². The van der Waals surface area contributed by atoms with Gasteiger partial charge in [-0.25, -0.2) is 0 Å². The molecule has 0 aliphatic heterocycles. The molecule has 6 nitrogen and oxygen atoms in total. The molecule has 0 aliphatic carbocycles. The minimum Gasteiger partial charge on any atom is -0.462 e. The molecule has 1 atom stereocenters. The van der Waals surface area contributed by atoms with Crippen molar-refractivity contribution < 1.29 is 28.6 Å². The molecular formula is C75H126O6. The van der Waals surface area contributed by atoms with Crippen LogP contribution in [0.4, 0.5) is 0 Å². The fourth-order valence-electron chi connectivity index (χ4n) is 9.33. The molecule has 0 N–H and O–H groups in total. The molecule has 6 heteroatoms. The number of carbonyl (C=O) groups excluding carboxylic acids is 3. The van der Waals surface area contributed by atoms with Gasteiger partial charge < -0.3 is 14.2 Å². The minimum absolute atomic E-state index is 0.0894. The fourth-order valence-corrected chi connectivity index (χ4v) is 9.33. The van der Waals surface area contributed by atoms with Gasteiger partial charge in [-0.3, -0.25) is 14.4 Å². The van der Waals surface area contributed by atoms with Crippen molar-refractivity contribution in [2.75, 3.05) is 13.2 Å². The molecule has 0 spiro atoms. The lowest BCUT2D eigenvalue weighted by atomic mass is 10.1. The third-order valence-electron chi connectivity index (χ3n) is 14.4. The molecule has 0 aromatic rings. The normalized spacial score (nSPS) is 12.9. The van der Waals surface area contributed by atoms with E-state index in [1.165, 1.54) is 148 Å². The molecule has 0 saturated heterocycles. The Bertz CT molecular complexity index is 1670. The summed E-state index contributed by atoms with van der Waals surface area (Å²) < 4.78 is 16.9. The lowest BCUT2D eigenvalue weighted by Crippen LogP contribution is -2.30. The van der Waals surface area contributed by atoms with Gasteiger partial charge in [-0.05, 0) is 135 Å². The average molecular weight is 1120 g/mol. The number of hydrogen-bond donors (Lipinski definition) is 0. The van der Waals surface area contributed by atoms with Crippen LogP contribution in [0, 0.1) is 0 Å². The van der Waals surface area contributed by atoms with Gasteiger partial charge in [-0.1, -0.05) is 284 Å². The van der Waals surface area contributed by atoms with E-state index in [0.717, 1.165) is 128 Å². The van der Waals surface area contributed by atoms with Crippen molar-refractivity contribution in [3.8, 4) is 0 Å². The number of allylic oxidation sites excluding steroid dienone is 20. The van der Waals surface area contributed by atoms with Crippen molar-refractivity contribution in [1.82, 2.24) is 0 Å².